The third-order valence-corrected chi connectivity index (χ3v) is 2.80. The van der Waals surface area contributed by atoms with Gasteiger partial charge in [-0.15, -0.1) is 0 Å². The van der Waals surface area contributed by atoms with Crippen LogP contribution in [0.3, 0.4) is 0 Å². The average molecular weight is 274 g/mol. The molecule has 5 heteroatoms. The van der Waals surface area contributed by atoms with E-state index in [4.69, 9.17) is 4.74 Å². The molecule has 0 spiro atoms. The number of carbonyl (C=O) groups excluding carboxylic acids is 1. The summed E-state index contributed by atoms with van der Waals surface area (Å²) in [5.41, 5.74) is 1.90. The molecule has 0 aromatic heterocycles. The molecule has 104 valence electrons. The fourth-order valence-corrected chi connectivity index (χ4v) is 1.64. The van der Waals surface area contributed by atoms with Crippen LogP contribution < -0.4 is 0 Å². The zero-order valence-corrected chi connectivity index (χ0v) is 10.8. The first-order valence-corrected chi connectivity index (χ1v) is 5.95. The lowest BCUT2D eigenvalue weighted by Crippen LogP contribution is -2.05. The van der Waals surface area contributed by atoms with Crippen molar-refractivity contribution in [3.05, 3.63) is 53.1 Å². The van der Waals surface area contributed by atoms with Gasteiger partial charge in [-0.25, -0.2) is 4.79 Å². The lowest BCUT2D eigenvalue weighted by Gasteiger charge is -2.07. The van der Waals surface area contributed by atoms with Crippen molar-refractivity contribution in [2.45, 2.75) is 13.5 Å². The van der Waals surface area contributed by atoms with Crippen molar-refractivity contribution >= 4 is 5.97 Å². The zero-order chi connectivity index (χ0) is 14.7. The van der Waals surface area contributed by atoms with Crippen LogP contribution in [-0.4, -0.2) is 21.3 Å². The molecule has 20 heavy (non-hydrogen) atoms. The highest BCUT2D eigenvalue weighted by molar-refractivity contribution is 5.91. The van der Waals surface area contributed by atoms with E-state index in [9.17, 15) is 20.1 Å². The van der Waals surface area contributed by atoms with E-state index in [1.807, 2.05) is 31.2 Å². The Labute approximate surface area is 115 Å². The van der Waals surface area contributed by atoms with Crippen LogP contribution >= 0.6 is 0 Å². The molecule has 0 unspecified atom stereocenters. The molecule has 0 bridgehead atoms. The van der Waals surface area contributed by atoms with E-state index >= 15 is 0 Å². The summed E-state index contributed by atoms with van der Waals surface area (Å²) in [6.45, 7) is 2.04. The second-order valence-electron chi connectivity index (χ2n) is 4.42. The summed E-state index contributed by atoms with van der Waals surface area (Å²) in [7, 11) is 0. The SMILES string of the molecule is Cc1ccc(COC(=O)c2cc(O)c(O)c(O)c2)cc1. The normalized spacial score (nSPS) is 10.2. The van der Waals surface area contributed by atoms with E-state index in [0.29, 0.717) is 0 Å². The van der Waals surface area contributed by atoms with E-state index in [-0.39, 0.29) is 12.2 Å². The summed E-state index contributed by atoms with van der Waals surface area (Å²) >= 11 is 0. The Morgan fingerprint density at radius 2 is 1.60 bits per heavy atom. The third-order valence-electron chi connectivity index (χ3n) is 2.80. The maximum Gasteiger partial charge on any atom is 0.338 e. The van der Waals surface area contributed by atoms with Gasteiger partial charge in [0.15, 0.2) is 17.2 Å². The van der Waals surface area contributed by atoms with Gasteiger partial charge in [0.2, 0.25) is 0 Å². The average Bonchev–Trinajstić information content (AvgIpc) is 2.43. The van der Waals surface area contributed by atoms with Crippen molar-refractivity contribution in [3.8, 4) is 17.2 Å². The molecule has 2 aromatic rings. The first kappa shape index (κ1) is 13.7. The van der Waals surface area contributed by atoms with Crippen LogP contribution in [-0.2, 0) is 11.3 Å². The Bertz CT molecular complexity index is 608. The van der Waals surface area contributed by atoms with E-state index in [1.165, 1.54) is 0 Å². The number of ether oxygens (including phenoxy) is 1. The summed E-state index contributed by atoms with van der Waals surface area (Å²) in [4.78, 5) is 11.8. The quantitative estimate of drug-likeness (QED) is 0.591. The molecule has 0 radical (unpaired) electrons. The summed E-state index contributed by atoms with van der Waals surface area (Å²) in [5, 5.41) is 27.8. The van der Waals surface area contributed by atoms with Crippen LogP contribution in [0.5, 0.6) is 17.2 Å². The molecular formula is C15H14O5. The van der Waals surface area contributed by atoms with Crippen molar-refractivity contribution in [2.24, 2.45) is 0 Å². The highest BCUT2D eigenvalue weighted by Crippen LogP contribution is 2.35. The molecule has 0 fully saturated rings. The third kappa shape index (κ3) is 3.00. The van der Waals surface area contributed by atoms with Gasteiger partial charge < -0.3 is 20.1 Å². The second-order valence-corrected chi connectivity index (χ2v) is 4.42. The molecule has 3 N–H and O–H groups in total. The van der Waals surface area contributed by atoms with Crippen LogP contribution in [0.4, 0.5) is 0 Å². The van der Waals surface area contributed by atoms with Gasteiger partial charge in [0, 0.05) is 0 Å². The maximum absolute atomic E-state index is 11.8. The number of rotatable bonds is 3. The zero-order valence-electron chi connectivity index (χ0n) is 10.8. The van der Waals surface area contributed by atoms with Crippen LogP contribution in [0.1, 0.15) is 21.5 Å². The number of esters is 1. The van der Waals surface area contributed by atoms with Crippen molar-refractivity contribution < 1.29 is 24.9 Å². The van der Waals surface area contributed by atoms with Crippen LogP contribution in [0.25, 0.3) is 0 Å². The number of benzene rings is 2. The van der Waals surface area contributed by atoms with Gasteiger partial charge in [-0.2, -0.15) is 0 Å². The lowest BCUT2D eigenvalue weighted by molar-refractivity contribution is 0.0471. The number of aryl methyl sites for hydroxylation is 1. The topological polar surface area (TPSA) is 87.0 Å². The van der Waals surface area contributed by atoms with E-state index in [1.54, 1.807) is 0 Å². The summed E-state index contributed by atoms with van der Waals surface area (Å²) in [6.07, 6.45) is 0. The Morgan fingerprint density at radius 3 is 2.15 bits per heavy atom. The van der Waals surface area contributed by atoms with Gasteiger partial charge in [0.05, 0.1) is 5.56 Å². The second kappa shape index (κ2) is 5.52. The summed E-state index contributed by atoms with van der Waals surface area (Å²) < 4.78 is 5.06. The predicted molar refractivity (Wildman–Crippen MR) is 71.7 cm³/mol. The minimum atomic E-state index is -0.698. The predicted octanol–water partition coefficient (Wildman–Crippen LogP) is 2.47. The molecule has 0 heterocycles. The van der Waals surface area contributed by atoms with Gasteiger partial charge in [-0.1, -0.05) is 29.8 Å². The molecule has 0 saturated heterocycles. The minimum absolute atomic E-state index is 0.0371. The summed E-state index contributed by atoms with van der Waals surface area (Å²) in [5.74, 6) is -2.52. The number of phenolic OH excluding ortho intramolecular Hbond substituents is 3. The summed E-state index contributed by atoms with van der Waals surface area (Å²) in [6, 6.07) is 9.56. The lowest BCUT2D eigenvalue weighted by atomic mass is 10.1. The maximum atomic E-state index is 11.8. The Hall–Kier alpha value is -2.69. The number of phenols is 3. The minimum Gasteiger partial charge on any atom is -0.504 e. The monoisotopic (exact) mass is 274 g/mol. The molecule has 0 atom stereocenters. The Morgan fingerprint density at radius 1 is 1.05 bits per heavy atom. The molecule has 0 amide bonds. The molecular weight excluding hydrogens is 260 g/mol. The van der Waals surface area contributed by atoms with Crippen LogP contribution in [0.15, 0.2) is 36.4 Å². The largest absolute Gasteiger partial charge is 0.504 e. The number of hydrogen-bond donors (Lipinski definition) is 3. The molecule has 5 nitrogen and oxygen atoms in total. The highest BCUT2D eigenvalue weighted by Gasteiger charge is 2.14. The van der Waals surface area contributed by atoms with Crippen molar-refractivity contribution in [1.82, 2.24) is 0 Å². The van der Waals surface area contributed by atoms with Crippen molar-refractivity contribution in [1.29, 1.82) is 0 Å². The van der Waals surface area contributed by atoms with Gasteiger partial charge in [-0.3, -0.25) is 0 Å². The fourth-order valence-electron chi connectivity index (χ4n) is 1.64. The smallest absolute Gasteiger partial charge is 0.338 e. The van der Waals surface area contributed by atoms with E-state index in [2.05, 4.69) is 0 Å². The van der Waals surface area contributed by atoms with Gasteiger partial charge in [0.1, 0.15) is 6.61 Å². The first-order valence-electron chi connectivity index (χ1n) is 5.95. The Balaban J connectivity index is 2.07. The number of carbonyl (C=O) groups is 1. The van der Waals surface area contributed by atoms with Gasteiger partial charge in [0.25, 0.3) is 0 Å². The van der Waals surface area contributed by atoms with Crippen LogP contribution in [0, 0.1) is 6.92 Å². The van der Waals surface area contributed by atoms with Gasteiger partial charge in [-0.05, 0) is 24.6 Å². The van der Waals surface area contributed by atoms with Crippen molar-refractivity contribution in [3.63, 3.8) is 0 Å². The molecule has 0 aliphatic carbocycles. The molecule has 0 aliphatic heterocycles. The van der Waals surface area contributed by atoms with Crippen molar-refractivity contribution in [2.75, 3.05) is 0 Å². The molecule has 2 aromatic carbocycles. The first-order chi connectivity index (χ1) is 9.47. The fraction of sp³-hybridized carbons (Fsp3) is 0.133. The standard InChI is InChI=1S/C15H14O5/c1-9-2-4-10(5-3-9)8-20-15(19)11-6-12(16)14(18)13(17)7-11/h2-7,16-18H,8H2,1H3. The highest BCUT2D eigenvalue weighted by atomic mass is 16.5. The molecule has 2 rings (SSSR count). The van der Waals surface area contributed by atoms with E-state index < -0.39 is 23.2 Å². The number of hydrogen-bond acceptors (Lipinski definition) is 5. The molecule has 0 saturated carbocycles. The number of aromatic hydroxyl groups is 3. The van der Waals surface area contributed by atoms with Gasteiger partial charge >= 0.3 is 5.97 Å². The van der Waals surface area contributed by atoms with Crippen LogP contribution in [0.2, 0.25) is 0 Å². The Kier molecular flexibility index (Phi) is 3.79. The molecule has 0 aliphatic rings. The van der Waals surface area contributed by atoms with E-state index in [0.717, 1.165) is 23.3 Å².